The lowest BCUT2D eigenvalue weighted by Gasteiger charge is -1.97. The van der Waals surface area contributed by atoms with E-state index in [-0.39, 0.29) is 16.4 Å². The molecule has 0 aliphatic heterocycles. The van der Waals surface area contributed by atoms with E-state index in [0.29, 0.717) is 11.3 Å². The summed E-state index contributed by atoms with van der Waals surface area (Å²) in [6, 6.07) is 10.0. The maximum atomic E-state index is 10.8. The number of hydrogen-bond acceptors (Lipinski definition) is 5. The predicted octanol–water partition coefficient (Wildman–Crippen LogP) is 3.91. The number of hydrogen-bond donors (Lipinski definition) is 0. The highest BCUT2D eigenvalue weighted by Gasteiger charge is 2.12. The van der Waals surface area contributed by atoms with Gasteiger partial charge in [0.05, 0.1) is 15.5 Å². The molecule has 0 fully saturated rings. The molecule has 0 aromatic heterocycles. The van der Waals surface area contributed by atoms with Gasteiger partial charge in [0.2, 0.25) is 0 Å². The lowest BCUT2D eigenvalue weighted by atomic mass is 10.2. The van der Waals surface area contributed by atoms with Gasteiger partial charge in [-0.15, -0.1) is 0 Å². The number of non-ortho nitro benzene ring substituents is 1. The normalized spacial score (nSPS) is 10.7. The first kappa shape index (κ1) is 14.6. The van der Waals surface area contributed by atoms with E-state index in [4.69, 9.17) is 11.6 Å². The molecule has 0 aliphatic rings. The van der Waals surface area contributed by atoms with Crippen LogP contribution in [-0.4, -0.2) is 16.1 Å². The number of nitro benzene ring substituents is 2. The number of nitrogens with zero attached hydrogens (tertiary/aromatic N) is 3. The minimum absolute atomic E-state index is 0.0225. The molecule has 0 spiro atoms. The van der Waals surface area contributed by atoms with Gasteiger partial charge in [0.25, 0.3) is 11.4 Å². The second kappa shape index (κ2) is 6.10. The molecule has 0 saturated heterocycles. The Labute approximate surface area is 123 Å². The summed E-state index contributed by atoms with van der Waals surface area (Å²) < 4.78 is 0. The molecule has 0 atom stereocenters. The van der Waals surface area contributed by atoms with E-state index in [1.54, 1.807) is 6.07 Å². The first-order valence-electron chi connectivity index (χ1n) is 5.70. The molecule has 106 valence electrons. The fourth-order valence-electron chi connectivity index (χ4n) is 1.59. The van der Waals surface area contributed by atoms with Gasteiger partial charge in [0.15, 0.2) is 0 Å². The van der Waals surface area contributed by atoms with Crippen LogP contribution in [0.25, 0.3) is 0 Å². The van der Waals surface area contributed by atoms with Crippen LogP contribution in [0.3, 0.4) is 0 Å². The summed E-state index contributed by atoms with van der Waals surface area (Å²) in [6.45, 7) is 0. The van der Waals surface area contributed by atoms with Gasteiger partial charge in [0.1, 0.15) is 5.02 Å². The molecule has 0 amide bonds. The van der Waals surface area contributed by atoms with E-state index in [1.165, 1.54) is 42.6 Å². The first-order chi connectivity index (χ1) is 9.97. The summed E-state index contributed by atoms with van der Waals surface area (Å²) >= 11 is 5.70. The summed E-state index contributed by atoms with van der Waals surface area (Å²) in [5.74, 6) is 0. The maximum absolute atomic E-state index is 10.8. The van der Waals surface area contributed by atoms with E-state index in [2.05, 4.69) is 4.99 Å². The summed E-state index contributed by atoms with van der Waals surface area (Å²) in [7, 11) is 0. The van der Waals surface area contributed by atoms with Crippen molar-refractivity contribution in [3.05, 3.63) is 73.3 Å². The molecule has 0 saturated carbocycles. The van der Waals surface area contributed by atoms with Crippen LogP contribution in [0.5, 0.6) is 0 Å². The monoisotopic (exact) mass is 305 g/mol. The average Bonchev–Trinajstić information content (AvgIpc) is 2.46. The van der Waals surface area contributed by atoms with Crippen LogP contribution in [0.1, 0.15) is 5.56 Å². The highest BCUT2D eigenvalue weighted by molar-refractivity contribution is 6.32. The molecule has 2 aromatic carbocycles. The molecule has 0 bridgehead atoms. The zero-order valence-corrected chi connectivity index (χ0v) is 11.2. The highest BCUT2D eigenvalue weighted by atomic mass is 35.5. The van der Waals surface area contributed by atoms with Gasteiger partial charge in [-0.25, -0.2) is 0 Å². The van der Waals surface area contributed by atoms with Gasteiger partial charge in [-0.05, 0) is 17.7 Å². The molecule has 8 heteroatoms. The summed E-state index contributed by atoms with van der Waals surface area (Å²) in [6.07, 6.45) is 1.39. The third-order valence-corrected chi connectivity index (χ3v) is 2.89. The van der Waals surface area contributed by atoms with Crippen molar-refractivity contribution in [3.8, 4) is 0 Å². The Bertz CT molecular complexity index is 746. The molecular weight excluding hydrogens is 298 g/mol. The smallest absolute Gasteiger partial charge is 0.258 e. The summed E-state index contributed by atoms with van der Waals surface area (Å²) in [5, 5.41) is 21.4. The van der Waals surface area contributed by atoms with Crippen molar-refractivity contribution in [2.45, 2.75) is 0 Å². The van der Waals surface area contributed by atoms with Crippen molar-refractivity contribution < 1.29 is 9.85 Å². The van der Waals surface area contributed by atoms with Crippen molar-refractivity contribution in [2.75, 3.05) is 0 Å². The second-order valence-corrected chi connectivity index (χ2v) is 4.41. The third kappa shape index (κ3) is 3.61. The zero-order valence-electron chi connectivity index (χ0n) is 10.5. The first-order valence-corrected chi connectivity index (χ1v) is 6.07. The van der Waals surface area contributed by atoms with Crippen LogP contribution >= 0.6 is 11.6 Å². The van der Waals surface area contributed by atoms with Gasteiger partial charge in [-0.1, -0.05) is 23.7 Å². The largest absolute Gasteiger partial charge is 0.290 e. The molecule has 2 aromatic rings. The average molecular weight is 306 g/mol. The molecule has 0 aliphatic carbocycles. The quantitative estimate of drug-likeness (QED) is 0.485. The molecular formula is C13H8ClN3O4. The maximum Gasteiger partial charge on any atom is 0.290 e. The second-order valence-electron chi connectivity index (χ2n) is 4.00. The number of halogens is 1. The Balaban J connectivity index is 2.29. The van der Waals surface area contributed by atoms with E-state index in [0.717, 1.165) is 0 Å². The van der Waals surface area contributed by atoms with Crippen LogP contribution in [0, 0.1) is 20.2 Å². The van der Waals surface area contributed by atoms with Gasteiger partial charge >= 0.3 is 0 Å². The van der Waals surface area contributed by atoms with E-state index >= 15 is 0 Å². The lowest BCUT2D eigenvalue weighted by molar-refractivity contribution is -0.385. The van der Waals surface area contributed by atoms with E-state index in [1.807, 2.05) is 0 Å². The minimum atomic E-state index is -0.602. The van der Waals surface area contributed by atoms with Gasteiger partial charge in [-0.3, -0.25) is 25.2 Å². The molecule has 21 heavy (non-hydrogen) atoms. The van der Waals surface area contributed by atoms with E-state index in [9.17, 15) is 20.2 Å². The number of benzene rings is 2. The summed E-state index contributed by atoms with van der Waals surface area (Å²) in [4.78, 5) is 24.4. The van der Waals surface area contributed by atoms with Crippen molar-refractivity contribution in [2.24, 2.45) is 4.99 Å². The fourth-order valence-corrected chi connectivity index (χ4v) is 1.78. The lowest BCUT2D eigenvalue weighted by Crippen LogP contribution is -1.90. The molecule has 7 nitrogen and oxygen atoms in total. The van der Waals surface area contributed by atoms with Crippen molar-refractivity contribution >= 4 is 34.9 Å². The minimum Gasteiger partial charge on any atom is -0.258 e. The van der Waals surface area contributed by atoms with Crippen LogP contribution in [0.4, 0.5) is 17.1 Å². The van der Waals surface area contributed by atoms with Crippen LogP contribution in [0.15, 0.2) is 47.5 Å². The molecule has 0 N–H and O–H groups in total. The number of nitro groups is 2. The Morgan fingerprint density at radius 2 is 1.81 bits per heavy atom. The highest BCUT2D eigenvalue weighted by Crippen LogP contribution is 2.28. The molecule has 0 unspecified atom stereocenters. The van der Waals surface area contributed by atoms with Gasteiger partial charge in [-0.2, -0.15) is 0 Å². The zero-order chi connectivity index (χ0) is 15.4. The van der Waals surface area contributed by atoms with Crippen molar-refractivity contribution in [3.63, 3.8) is 0 Å². The topological polar surface area (TPSA) is 98.6 Å². The Hall–Kier alpha value is -2.80. The molecule has 0 radical (unpaired) electrons. The Morgan fingerprint density at radius 1 is 1.05 bits per heavy atom. The van der Waals surface area contributed by atoms with Crippen LogP contribution < -0.4 is 0 Å². The number of rotatable bonds is 4. The van der Waals surface area contributed by atoms with Crippen molar-refractivity contribution in [1.82, 2.24) is 0 Å². The van der Waals surface area contributed by atoms with Crippen LogP contribution in [0.2, 0.25) is 5.02 Å². The van der Waals surface area contributed by atoms with Gasteiger partial charge in [0, 0.05) is 24.4 Å². The Kier molecular flexibility index (Phi) is 4.24. The SMILES string of the molecule is O=[N+]([O-])c1cccc(C=Nc2ccc(Cl)c([N+](=O)[O-])c2)c1. The van der Waals surface area contributed by atoms with Crippen LogP contribution in [-0.2, 0) is 0 Å². The van der Waals surface area contributed by atoms with Crippen molar-refractivity contribution in [1.29, 1.82) is 0 Å². The molecule has 2 rings (SSSR count). The third-order valence-electron chi connectivity index (χ3n) is 2.57. The fraction of sp³-hybridized carbons (Fsp3) is 0. The Morgan fingerprint density at radius 3 is 2.48 bits per heavy atom. The van der Waals surface area contributed by atoms with E-state index < -0.39 is 9.85 Å². The number of aliphatic imine (C=N–C) groups is 1. The summed E-state index contributed by atoms with van der Waals surface area (Å²) in [5.41, 5.74) is 0.547. The molecule has 0 heterocycles. The standard InChI is InChI=1S/C13H8ClN3O4/c14-12-5-4-10(7-13(12)17(20)21)15-8-9-2-1-3-11(6-9)16(18)19/h1-8H. The predicted molar refractivity (Wildman–Crippen MR) is 78.5 cm³/mol. The van der Waals surface area contributed by atoms with Gasteiger partial charge < -0.3 is 0 Å².